The van der Waals surface area contributed by atoms with Crippen molar-refractivity contribution in [2.24, 2.45) is 0 Å². The summed E-state index contributed by atoms with van der Waals surface area (Å²) in [7, 11) is 3.54. The van der Waals surface area contributed by atoms with E-state index in [0.717, 1.165) is 18.5 Å². The number of esters is 1. The fourth-order valence-corrected chi connectivity index (χ4v) is 3.31. The lowest BCUT2D eigenvalue weighted by atomic mass is 9.77. The zero-order chi connectivity index (χ0) is 18.0. The van der Waals surface area contributed by atoms with Gasteiger partial charge in [-0.05, 0) is 52.3 Å². The van der Waals surface area contributed by atoms with E-state index >= 15 is 0 Å². The van der Waals surface area contributed by atoms with Gasteiger partial charge in [0.2, 0.25) is 0 Å². The fourth-order valence-electron chi connectivity index (χ4n) is 3.31. The Bertz CT molecular complexity index is 803. The molecule has 0 N–H and O–H groups in total. The first-order valence-corrected chi connectivity index (χ1v) is 8.63. The number of rotatable bonds is 3. The van der Waals surface area contributed by atoms with E-state index in [4.69, 9.17) is 0 Å². The Morgan fingerprint density at radius 2 is 1.80 bits per heavy atom. The van der Waals surface area contributed by atoms with E-state index in [0.29, 0.717) is 0 Å². The molecule has 3 rings (SSSR count). The number of carbonyl (C=O) groups excluding carboxylic acids is 1. The highest BCUT2D eigenvalue weighted by molar-refractivity contribution is 5.87. The van der Waals surface area contributed by atoms with Crippen LogP contribution in [0.4, 0.5) is 5.69 Å². The van der Waals surface area contributed by atoms with E-state index in [1.54, 1.807) is 6.08 Å². The summed E-state index contributed by atoms with van der Waals surface area (Å²) in [5.74, 6) is -0.342. The van der Waals surface area contributed by atoms with Crippen LogP contribution in [0.25, 0.3) is 17.2 Å². The molecule has 0 saturated heterocycles. The molecule has 3 heteroatoms. The summed E-state index contributed by atoms with van der Waals surface area (Å²) >= 11 is 0. The van der Waals surface area contributed by atoms with Crippen LogP contribution in [-0.2, 0) is 14.9 Å². The van der Waals surface area contributed by atoms with Gasteiger partial charge in [-0.1, -0.05) is 44.2 Å². The van der Waals surface area contributed by atoms with Crippen molar-refractivity contribution < 1.29 is 9.53 Å². The standard InChI is InChI=1S/C22H25NO2/c1-22(2)13-14-23(3)20-11-10-18(15-19(20)22)17-8-5-16(6-9-17)7-12-21(24)25-4/h5-12,15H,13-14H2,1-4H3. The van der Waals surface area contributed by atoms with Gasteiger partial charge in [-0.3, -0.25) is 0 Å². The van der Waals surface area contributed by atoms with Crippen molar-refractivity contribution in [1.29, 1.82) is 0 Å². The van der Waals surface area contributed by atoms with Gasteiger partial charge in [-0.15, -0.1) is 0 Å². The van der Waals surface area contributed by atoms with Gasteiger partial charge in [-0.25, -0.2) is 4.79 Å². The maximum Gasteiger partial charge on any atom is 0.330 e. The lowest BCUT2D eigenvalue weighted by Crippen LogP contribution is -2.34. The van der Waals surface area contributed by atoms with Gasteiger partial charge >= 0.3 is 5.97 Å². The zero-order valence-electron chi connectivity index (χ0n) is 15.4. The van der Waals surface area contributed by atoms with Crippen LogP contribution in [0.2, 0.25) is 0 Å². The monoisotopic (exact) mass is 335 g/mol. The van der Waals surface area contributed by atoms with Crippen LogP contribution < -0.4 is 4.90 Å². The number of hydrogen-bond donors (Lipinski definition) is 0. The van der Waals surface area contributed by atoms with Crippen LogP contribution >= 0.6 is 0 Å². The molecule has 0 spiro atoms. The van der Waals surface area contributed by atoms with Crippen LogP contribution in [0.5, 0.6) is 0 Å². The van der Waals surface area contributed by atoms with E-state index < -0.39 is 0 Å². The predicted octanol–water partition coefficient (Wildman–Crippen LogP) is 4.66. The molecule has 0 radical (unpaired) electrons. The molecule has 2 aromatic rings. The lowest BCUT2D eigenvalue weighted by molar-refractivity contribution is -0.134. The third-order valence-electron chi connectivity index (χ3n) is 5.07. The number of ether oxygens (including phenoxy) is 1. The first-order chi connectivity index (χ1) is 11.9. The molecule has 0 unspecified atom stereocenters. The Kier molecular flexibility index (Phi) is 4.67. The average molecular weight is 335 g/mol. The Morgan fingerprint density at radius 1 is 1.12 bits per heavy atom. The molecule has 0 aromatic heterocycles. The quantitative estimate of drug-likeness (QED) is 0.604. The molecule has 1 aliphatic heterocycles. The molecule has 0 bridgehead atoms. The van der Waals surface area contributed by atoms with E-state index in [2.05, 4.69) is 60.9 Å². The summed E-state index contributed by atoms with van der Waals surface area (Å²) in [5.41, 5.74) is 6.33. The van der Waals surface area contributed by atoms with Crippen LogP contribution in [-0.4, -0.2) is 26.7 Å². The highest BCUT2D eigenvalue weighted by Crippen LogP contribution is 2.41. The van der Waals surface area contributed by atoms with Gasteiger partial charge in [0.1, 0.15) is 0 Å². The normalized spacial score (nSPS) is 15.9. The Hall–Kier alpha value is -2.55. The molecule has 0 saturated carbocycles. The van der Waals surface area contributed by atoms with Gasteiger partial charge in [-0.2, -0.15) is 0 Å². The van der Waals surface area contributed by atoms with Crippen LogP contribution in [0.1, 0.15) is 31.4 Å². The van der Waals surface area contributed by atoms with Crippen molar-refractivity contribution in [3.05, 3.63) is 59.7 Å². The predicted molar refractivity (Wildman–Crippen MR) is 104 cm³/mol. The van der Waals surface area contributed by atoms with Crippen LogP contribution in [0.3, 0.4) is 0 Å². The molecule has 0 aliphatic carbocycles. The van der Waals surface area contributed by atoms with Gasteiger partial charge < -0.3 is 9.64 Å². The fraction of sp³-hybridized carbons (Fsp3) is 0.318. The van der Waals surface area contributed by atoms with Gasteiger partial charge in [0.15, 0.2) is 0 Å². The third kappa shape index (κ3) is 3.60. The molecule has 1 aliphatic rings. The number of fused-ring (bicyclic) bond motifs is 1. The van der Waals surface area contributed by atoms with Crippen molar-refractivity contribution in [3.8, 4) is 11.1 Å². The summed E-state index contributed by atoms with van der Waals surface area (Å²) in [6.45, 7) is 5.74. The first kappa shape index (κ1) is 17.3. The number of methoxy groups -OCH3 is 1. The molecule has 0 atom stereocenters. The number of anilines is 1. The summed E-state index contributed by atoms with van der Waals surface area (Å²) < 4.78 is 4.62. The summed E-state index contributed by atoms with van der Waals surface area (Å²) in [4.78, 5) is 13.5. The summed E-state index contributed by atoms with van der Waals surface area (Å²) in [5, 5.41) is 0. The maximum atomic E-state index is 11.2. The Labute approximate surface area is 149 Å². The van der Waals surface area contributed by atoms with E-state index in [1.807, 2.05) is 12.1 Å². The number of hydrogen-bond acceptors (Lipinski definition) is 3. The van der Waals surface area contributed by atoms with Crippen molar-refractivity contribution in [3.63, 3.8) is 0 Å². The maximum absolute atomic E-state index is 11.2. The van der Waals surface area contributed by atoms with E-state index in [9.17, 15) is 4.79 Å². The number of carbonyl (C=O) groups is 1. The van der Waals surface area contributed by atoms with Crippen LogP contribution in [0.15, 0.2) is 48.5 Å². The molecule has 3 nitrogen and oxygen atoms in total. The molecule has 0 fully saturated rings. The number of benzene rings is 2. The van der Waals surface area contributed by atoms with Crippen molar-refractivity contribution >= 4 is 17.7 Å². The van der Waals surface area contributed by atoms with Crippen molar-refractivity contribution in [2.45, 2.75) is 25.7 Å². The highest BCUT2D eigenvalue weighted by atomic mass is 16.5. The van der Waals surface area contributed by atoms with Crippen molar-refractivity contribution in [2.75, 3.05) is 25.6 Å². The number of nitrogens with zero attached hydrogens (tertiary/aromatic N) is 1. The second-order valence-corrected chi connectivity index (χ2v) is 7.27. The topological polar surface area (TPSA) is 29.5 Å². The van der Waals surface area contributed by atoms with Gasteiger partial charge in [0, 0.05) is 25.4 Å². The van der Waals surface area contributed by atoms with Crippen molar-refractivity contribution in [1.82, 2.24) is 0 Å². The second-order valence-electron chi connectivity index (χ2n) is 7.27. The molecule has 0 amide bonds. The minimum atomic E-state index is -0.342. The second kappa shape index (κ2) is 6.75. The molecule has 25 heavy (non-hydrogen) atoms. The van der Waals surface area contributed by atoms with Crippen LogP contribution in [0, 0.1) is 0 Å². The minimum absolute atomic E-state index is 0.195. The Morgan fingerprint density at radius 3 is 2.48 bits per heavy atom. The molecule has 1 heterocycles. The molecule has 130 valence electrons. The first-order valence-electron chi connectivity index (χ1n) is 8.63. The van der Waals surface area contributed by atoms with Gasteiger partial charge in [0.05, 0.1) is 7.11 Å². The Balaban J connectivity index is 1.90. The molecular weight excluding hydrogens is 310 g/mol. The van der Waals surface area contributed by atoms with E-state index in [-0.39, 0.29) is 11.4 Å². The minimum Gasteiger partial charge on any atom is -0.466 e. The lowest BCUT2D eigenvalue weighted by Gasteiger charge is -2.38. The van der Waals surface area contributed by atoms with Gasteiger partial charge in [0.25, 0.3) is 0 Å². The molecule has 2 aromatic carbocycles. The SMILES string of the molecule is COC(=O)C=Cc1ccc(-c2ccc3c(c2)C(C)(C)CCN3C)cc1. The van der Waals surface area contributed by atoms with E-state index in [1.165, 1.54) is 35.6 Å². The zero-order valence-corrected chi connectivity index (χ0v) is 15.4. The summed E-state index contributed by atoms with van der Waals surface area (Å²) in [6.07, 6.45) is 4.37. The smallest absolute Gasteiger partial charge is 0.330 e. The average Bonchev–Trinajstić information content (AvgIpc) is 2.63. The summed E-state index contributed by atoms with van der Waals surface area (Å²) in [6, 6.07) is 15.0. The largest absolute Gasteiger partial charge is 0.466 e. The highest BCUT2D eigenvalue weighted by Gasteiger charge is 2.29. The third-order valence-corrected chi connectivity index (χ3v) is 5.07. The molecular formula is C22H25NO2.